The summed E-state index contributed by atoms with van der Waals surface area (Å²) < 4.78 is 28.7. The lowest BCUT2D eigenvalue weighted by molar-refractivity contribution is -0.116. The molecule has 0 atom stereocenters. The van der Waals surface area contributed by atoms with E-state index in [-0.39, 0.29) is 23.8 Å². The molecule has 0 saturated heterocycles. The van der Waals surface area contributed by atoms with Gasteiger partial charge in [0.1, 0.15) is 5.82 Å². The van der Waals surface area contributed by atoms with Gasteiger partial charge in [-0.3, -0.25) is 4.79 Å². The zero-order valence-corrected chi connectivity index (χ0v) is 16.5. The Bertz CT molecular complexity index is 892. The van der Waals surface area contributed by atoms with E-state index < -0.39 is 10.0 Å². The van der Waals surface area contributed by atoms with Crippen LogP contribution in [0.4, 0.5) is 5.82 Å². The number of nitrogens with zero attached hydrogens (tertiary/aromatic N) is 2. The summed E-state index contributed by atoms with van der Waals surface area (Å²) in [5.74, 6) is 0.394. The summed E-state index contributed by atoms with van der Waals surface area (Å²) in [6.07, 6.45) is 7.40. The largest absolute Gasteiger partial charge is 0.311 e. The molecule has 1 fully saturated rings. The quantitative estimate of drug-likeness (QED) is 0.731. The van der Waals surface area contributed by atoms with Crippen molar-refractivity contribution in [3.8, 4) is 0 Å². The molecule has 0 spiro atoms. The van der Waals surface area contributed by atoms with E-state index in [1.165, 1.54) is 31.4 Å². The highest BCUT2D eigenvalue weighted by molar-refractivity contribution is 7.89. The minimum atomic E-state index is -3.70. The summed E-state index contributed by atoms with van der Waals surface area (Å²) >= 11 is 5.83. The van der Waals surface area contributed by atoms with Gasteiger partial charge in [-0.05, 0) is 31.0 Å². The summed E-state index contributed by atoms with van der Waals surface area (Å²) in [5, 5.41) is 7.51. The number of hydrogen-bond acceptors (Lipinski definition) is 4. The van der Waals surface area contributed by atoms with E-state index in [0.29, 0.717) is 16.9 Å². The first-order valence-electron chi connectivity index (χ1n) is 9.04. The second kappa shape index (κ2) is 8.86. The van der Waals surface area contributed by atoms with E-state index in [0.717, 1.165) is 12.8 Å². The van der Waals surface area contributed by atoms with Crippen LogP contribution in [0.3, 0.4) is 0 Å². The van der Waals surface area contributed by atoms with Crippen LogP contribution in [-0.4, -0.2) is 30.7 Å². The van der Waals surface area contributed by atoms with E-state index in [4.69, 9.17) is 11.6 Å². The van der Waals surface area contributed by atoms with Gasteiger partial charge in [-0.15, -0.1) is 0 Å². The fraction of sp³-hybridized carbons (Fsp3) is 0.444. The maximum Gasteiger partial charge on any atom is 0.240 e. The second-order valence-corrected chi connectivity index (χ2v) is 8.81. The van der Waals surface area contributed by atoms with E-state index in [2.05, 4.69) is 15.1 Å². The lowest BCUT2D eigenvalue weighted by Crippen LogP contribution is -2.28. The molecule has 0 aliphatic heterocycles. The highest BCUT2D eigenvalue weighted by atomic mass is 35.5. The summed E-state index contributed by atoms with van der Waals surface area (Å²) in [6.45, 7) is -0.00174. The molecule has 0 bridgehead atoms. The van der Waals surface area contributed by atoms with Crippen LogP contribution in [0.25, 0.3) is 0 Å². The van der Waals surface area contributed by atoms with E-state index >= 15 is 0 Å². The van der Waals surface area contributed by atoms with E-state index in [1.54, 1.807) is 24.4 Å². The summed E-state index contributed by atoms with van der Waals surface area (Å²) in [6, 6.07) is 8.07. The number of rotatable bonds is 7. The summed E-state index contributed by atoms with van der Waals surface area (Å²) in [7, 11) is -3.70. The fourth-order valence-electron chi connectivity index (χ4n) is 3.25. The number of anilines is 1. The Hall–Kier alpha value is -1.90. The molecule has 1 heterocycles. The first kappa shape index (κ1) is 19.9. The van der Waals surface area contributed by atoms with Crippen LogP contribution < -0.4 is 10.0 Å². The molecule has 1 amide bonds. The number of hydrogen-bond donors (Lipinski definition) is 2. The lowest BCUT2D eigenvalue weighted by Gasteiger charge is -2.23. The molecule has 27 heavy (non-hydrogen) atoms. The minimum absolute atomic E-state index is 0.00174. The average molecular weight is 411 g/mol. The third-order valence-corrected chi connectivity index (χ3v) is 6.30. The molecule has 2 aromatic rings. The van der Waals surface area contributed by atoms with Crippen molar-refractivity contribution in [1.29, 1.82) is 0 Å². The van der Waals surface area contributed by atoms with Gasteiger partial charge >= 0.3 is 0 Å². The zero-order chi connectivity index (χ0) is 19.3. The van der Waals surface area contributed by atoms with Crippen molar-refractivity contribution < 1.29 is 13.2 Å². The fourth-order valence-corrected chi connectivity index (χ4v) is 4.58. The van der Waals surface area contributed by atoms with E-state index in [1.807, 2.05) is 4.68 Å². The summed E-state index contributed by atoms with van der Waals surface area (Å²) in [4.78, 5) is 12.3. The molecular formula is C18H23ClN4O3S. The number of carbonyl (C=O) groups is 1. The molecule has 1 aromatic heterocycles. The zero-order valence-electron chi connectivity index (χ0n) is 14.9. The predicted molar refractivity (Wildman–Crippen MR) is 104 cm³/mol. The number of amides is 1. The standard InChI is InChI=1S/C18H23ClN4O3S/c19-14-5-4-8-16(13-14)27(25,26)21-12-10-18(24)22-17-9-11-20-23(17)15-6-2-1-3-7-15/h4-5,8-9,11,13,15,21H,1-3,6-7,10,12H2,(H,22,24). The maximum absolute atomic E-state index is 12.2. The molecule has 1 aromatic carbocycles. The number of sulfonamides is 1. The Morgan fingerprint density at radius 1 is 1.22 bits per heavy atom. The van der Waals surface area contributed by atoms with E-state index in [9.17, 15) is 13.2 Å². The van der Waals surface area contributed by atoms with Gasteiger partial charge in [0.05, 0.1) is 17.1 Å². The van der Waals surface area contributed by atoms with Gasteiger partial charge in [0, 0.05) is 24.1 Å². The first-order valence-corrected chi connectivity index (χ1v) is 10.9. The van der Waals surface area contributed by atoms with Crippen molar-refractivity contribution in [2.75, 3.05) is 11.9 Å². The molecule has 1 aliphatic carbocycles. The Morgan fingerprint density at radius 3 is 2.74 bits per heavy atom. The number of aromatic nitrogens is 2. The van der Waals surface area contributed by atoms with Crippen molar-refractivity contribution in [1.82, 2.24) is 14.5 Å². The molecule has 0 unspecified atom stereocenters. The number of halogens is 1. The van der Waals surface area contributed by atoms with Gasteiger partial charge in [0.25, 0.3) is 0 Å². The maximum atomic E-state index is 12.2. The molecule has 7 nitrogen and oxygen atoms in total. The van der Waals surface area contributed by atoms with Crippen molar-refractivity contribution in [3.63, 3.8) is 0 Å². The Kier molecular flexibility index (Phi) is 6.51. The molecule has 146 valence electrons. The Balaban J connectivity index is 1.53. The smallest absolute Gasteiger partial charge is 0.240 e. The number of carbonyl (C=O) groups excluding carboxylic acids is 1. The molecule has 1 aliphatic rings. The molecule has 3 rings (SSSR count). The van der Waals surface area contributed by atoms with Crippen LogP contribution in [0, 0.1) is 0 Å². The van der Waals surface area contributed by atoms with Gasteiger partial charge in [-0.1, -0.05) is 36.9 Å². The second-order valence-electron chi connectivity index (χ2n) is 6.61. The molecule has 2 N–H and O–H groups in total. The normalized spacial score (nSPS) is 15.6. The Labute approximate surface area is 164 Å². The number of benzene rings is 1. The molecule has 9 heteroatoms. The van der Waals surface area contributed by atoms with Crippen molar-refractivity contribution in [2.45, 2.75) is 49.5 Å². The highest BCUT2D eigenvalue weighted by Gasteiger charge is 2.19. The first-order chi connectivity index (χ1) is 13.0. The molecule has 0 radical (unpaired) electrons. The van der Waals surface area contributed by atoms with Crippen LogP contribution in [0.2, 0.25) is 5.02 Å². The van der Waals surface area contributed by atoms with Gasteiger partial charge in [-0.25, -0.2) is 17.8 Å². The predicted octanol–water partition coefficient (Wildman–Crippen LogP) is 3.35. The lowest BCUT2D eigenvalue weighted by atomic mass is 9.96. The van der Waals surface area contributed by atoms with Gasteiger partial charge < -0.3 is 5.32 Å². The van der Waals surface area contributed by atoms with Crippen LogP contribution in [0.1, 0.15) is 44.6 Å². The van der Waals surface area contributed by atoms with Gasteiger partial charge in [-0.2, -0.15) is 5.10 Å². The SMILES string of the molecule is O=C(CCNS(=O)(=O)c1cccc(Cl)c1)Nc1ccnn1C1CCCCC1. The monoisotopic (exact) mass is 410 g/mol. The topological polar surface area (TPSA) is 93.1 Å². The average Bonchev–Trinajstić information content (AvgIpc) is 3.10. The van der Waals surface area contributed by atoms with Crippen LogP contribution in [0.5, 0.6) is 0 Å². The van der Waals surface area contributed by atoms with Gasteiger partial charge in [0.15, 0.2) is 0 Å². The van der Waals surface area contributed by atoms with Crippen LogP contribution in [-0.2, 0) is 14.8 Å². The molecule has 1 saturated carbocycles. The minimum Gasteiger partial charge on any atom is -0.311 e. The van der Waals surface area contributed by atoms with Crippen LogP contribution >= 0.6 is 11.6 Å². The molecular weight excluding hydrogens is 388 g/mol. The van der Waals surface area contributed by atoms with Crippen LogP contribution in [0.15, 0.2) is 41.4 Å². The third-order valence-electron chi connectivity index (χ3n) is 4.61. The van der Waals surface area contributed by atoms with Crippen molar-refractivity contribution in [2.24, 2.45) is 0 Å². The van der Waals surface area contributed by atoms with Crippen molar-refractivity contribution >= 4 is 33.3 Å². The third kappa shape index (κ3) is 5.31. The summed E-state index contributed by atoms with van der Waals surface area (Å²) in [5.41, 5.74) is 0. The Morgan fingerprint density at radius 2 is 2.00 bits per heavy atom. The number of nitrogens with one attached hydrogen (secondary N) is 2. The van der Waals surface area contributed by atoms with Gasteiger partial charge in [0.2, 0.25) is 15.9 Å². The van der Waals surface area contributed by atoms with Crippen molar-refractivity contribution in [3.05, 3.63) is 41.6 Å². The highest BCUT2D eigenvalue weighted by Crippen LogP contribution is 2.29.